The predicted octanol–water partition coefficient (Wildman–Crippen LogP) is 1.31. The highest BCUT2D eigenvalue weighted by Gasteiger charge is 2.64. The lowest BCUT2D eigenvalue weighted by atomic mass is 10.1. The summed E-state index contributed by atoms with van der Waals surface area (Å²) in [6.07, 6.45) is -4.86. The minimum absolute atomic E-state index is 0.209. The van der Waals surface area contributed by atoms with Gasteiger partial charge in [0.25, 0.3) is 0 Å². The van der Waals surface area contributed by atoms with Gasteiger partial charge in [-0.15, -0.1) is 0 Å². The van der Waals surface area contributed by atoms with Crippen LogP contribution >= 0.6 is 7.60 Å². The average molecular weight is 466 g/mol. The lowest BCUT2D eigenvalue weighted by Gasteiger charge is -2.33. The van der Waals surface area contributed by atoms with Crippen molar-refractivity contribution in [2.45, 2.75) is 57.3 Å². The molecule has 0 unspecified atom stereocenters. The fraction of sp³-hybridized carbons (Fsp3) is 0.706. The largest absolute Gasteiger partial charge is 0.462 e. The Morgan fingerprint density at radius 1 is 1.45 bits per heavy atom. The van der Waals surface area contributed by atoms with Gasteiger partial charge in [-0.3, -0.25) is 23.8 Å². The van der Waals surface area contributed by atoms with Crippen LogP contribution in [0.5, 0.6) is 0 Å². The van der Waals surface area contributed by atoms with Gasteiger partial charge in [0, 0.05) is 13.2 Å². The summed E-state index contributed by atoms with van der Waals surface area (Å²) in [6.45, 7) is 4.39. The Bertz CT molecular complexity index is 928. The van der Waals surface area contributed by atoms with Crippen molar-refractivity contribution in [2.75, 3.05) is 25.3 Å². The van der Waals surface area contributed by atoms with E-state index >= 15 is 8.78 Å². The summed E-state index contributed by atoms with van der Waals surface area (Å²) in [4.78, 5) is 27.6. The van der Waals surface area contributed by atoms with Crippen molar-refractivity contribution in [1.29, 1.82) is 0 Å². The molecule has 0 radical (unpaired) electrons. The molecule has 31 heavy (non-hydrogen) atoms. The van der Waals surface area contributed by atoms with Gasteiger partial charge in [-0.1, -0.05) is 0 Å². The highest BCUT2D eigenvalue weighted by atomic mass is 31.2. The monoisotopic (exact) mass is 466 g/mol. The first-order valence-electron chi connectivity index (χ1n) is 9.63. The van der Waals surface area contributed by atoms with E-state index in [1.165, 1.54) is 20.0 Å². The summed E-state index contributed by atoms with van der Waals surface area (Å²) in [6, 6.07) is 0.480. The molecule has 1 aromatic heterocycles. The number of rotatable bonds is 7. The molecule has 2 aliphatic rings. The van der Waals surface area contributed by atoms with E-state index in [-0.39, 0.29) is 11.9 Å². The van der Waals surface area contributed by atoms with Crippen LogP contribution in [0.4, 0.5) is 14.6 Å². The van der Waals surface area contributed by atoms with Gasteiger partial charge in [0.15, 0.2) is 6.10 Å². The average Bonchev–Trinajstić information content (AvgIpc) is 2.95. The second kappa shape index (κ2) is 8.91. The van der Waals surface area contributed by atoms with E-state index < -0.39 is 62.5 Å². The van der Waals surface area contributed by atoms with Crippen LogP contribution in [0.15, 0.2) is 17.1 Å². The molecular formula is C17H25F2N4O7P. The van der Waals surface area contributed by atoms with E-state index in [1.807, 2.05) is 0 Å². The van der Waals surface area contributed by atoms with Gasteiger partial charge in [0.05, 0.1) is 19.0 Å². The third kappa shape index (κ3) is 4.96. The van der Waals surface area contributed by atoms with Crippen molar-refractivity contribution >= 4 is 19.4 Å². The number of nitrogens with zero attached hydrogens (tertiary/aromatic N) is 2. The van der Waals surface area contributed by atoms with Gasteiger partial charge in [-0.2, -0.15) is 13.8 Å². The minimum Gasteiger partial charge on any atom is -0.462 e. The molecule has 0 aromatic carbocycles. The Labute approximate surface area is 176 Å². The highest BCUT2D eigenvalue weighted by Crippen LogP contribution is 2.58. The van der Waals surface area contributed by atoms with Crippen molar-refractivity contribution in [2.24, 2.45) is 0 Å². The quantitative estimate of drug-likeness (QED) is 0.448. The van der Waals surface area contributed by atoms with E-state index in [9.17, 15) is 14.2 Å². The van der Waals surface area contributed by atoms with Crippen LogP contribution in [-0.2, 0) is 27.9 Å². The maximum absolute atomic E-state index is 15.1. The zero-order valence-electron chi connectivity index (χ0n) is 17.4. The standard InChI is InChI=1S/C17H25F2N4O7P/c1-9(2)28-14(24)10(3)21-8-31(26)27-7-11-13(30-31)17(18,19)15(29-11)23-6-5-12(20-4)22-16(23)25/h5-6,9-11,13,15,21H,7-8H2,1-4H3,(H,20,22,25)/t10-,11+,13+,15+,31+/m0/s1. The van der Waals surface area contributed by atoms with Gasteiger partial charge in [-0.05, 0) is 26.8 Å². The predicted molar refractivity (Wildman–Crippen MR) is 104 cm³/mol. The molecule has 11 nitrogen and oxygen atoms in total. The molecule has 0 bridgehead atoms. The molecule has 1 aromatic rings. The number of ether oxygens (including phenoxy) is 2. The SMILES string of the molecule is CNc1ccn([C@@H]2O[C@@H]3CO[P@](=O)(CN[C@@H](C)C(=O)OC(C)C)O[C@H]3C2(F)F)c(=O)n1. The van der Waals surface area contributed by atoms with Crippen LogP contribution in [0, 0.1) is 0 Å². The topological polar surface area (TPSA) is 130 Å². The van der Waals surface area contributed by atoms with Crippen molar-refractivity contribution in [3.63, 3.8) is 0 Å². The first-order chi connectivity index (χ1) is 14.5. The normalized spacial score (nSPS) is 30.6. The van der Waals surface area contributed by atoms with Gasteiger partial charge in [0.2, 0.25) is 6.23 Å². The summed E-state index contributed by atoms with van der Waals surface area (Å²) in [5.41, 5.74) is -0.946. The first-order valence-corrected chi connectivity index (χ1v) is 11.4. The molecule has 0 spiro atoms. The summed E-state index contributed by atoms with van der Waals surface area (Å²) >= 11 is 0. The molecule has 5 atom stereocenters. The number of esters is 1. The second-order valence-electron chi connectivity index (χ2n) is 7.46. The maximum Gasteiger partial charge on any atom is 0.351 e. The van der Waals surface area contributed by atoms with Gasteiger partial charge in [0.1, 0.15) is 18.0 Å². The zero-order valence-corrected chi connectivity index (χ0v) is 18.3. The van der Waals surface area contributed by atoms with E-state index in [0.29, 0.717) is 4.57 Å². The number of halogens is 2. The third-order valence-electron chi connectivity index (χ3n) is 4.69. The number of hydrogen-bond acceptors (Lipinski definition) is 10. The summed E-state index contributed by atoms with van der Waals surface area (Å²) in [5.74, 6) is -4.08. The lowest BCUT2D eigenvalue weighted by molar-refractivity contribution is -0.149. The molecule has 3 heterocycles. The van der Waals surface area contributed by atoms with Crippen LogP contribution in [-0.4, -0.2) is 65.7 Å². The zero-order chi connectivity index (χ0) is 23.0. The number of alkyl halides is 2. The number of hydrogen-bond donors (Lipinski definition) is 2. The number of carbonyl (C=O) groups excluding carboxylic acids is 1. The van der Waals surface area contributed by atoms with Gasteiger partial charge in [-0.25, -0.2) is 4.79 Å². The van der Waals surface area contributed by atoms with Crippen LogP contribution in [0.1, 0.15) is 27.0 Å². The van der Waals surface area contributed by atoms with E-state index in [2.05, 4.69) is 15.6 Å². The Morgan fingerprint density at radius 3 is 2.77 bits per heavy atom. The molecule has 174 valence electrons. The second-order valence-corrected chi connectivity index (χ2v) is 9.46. The Hall–Kier alpha value is -1.92. The summed E-state index contributed by atoms with van der Waals surface area (Å²) in [5, 5.41) is 5.26. The number of carbonyl (C=O) groups is 1. The number of aromatic nitrogens is 2. The minimum atomic E-state index is -4.03. The smallest absolute Gasteiger partial charge is 0.351 e. The van der Waals surface area contributed by atoms with Crippen molar-refractivity contribution < 1.29 is 36.7 Å². The Morgan fingerprint density at radius 2 is 2.16 bits per heavy atom. The van der Waals surface area contributed by atoms with Crippen molar-refractivity contribution in [3.05, 3.63) is 22.7 Å². The van der Waals surface area contributed by atoms with Crippen molar-refractivity contribution in [1.82, 2.24) is 14.9 Å². The summed E-state index contributed by atoms with van der Waals surface area (Å²) < 4.78 is 64.4. The number of fused-ring (bicyclic) bond motifs is 1. The fourth-order valence-electron chi connectivity index (χ4n) is 3.10. The number of nitrogens with one attached hydrogen (secondary N) is 2. The van der Waals surface area contributed by atoms with E-state index in [4.69, 9.17) is 18.5 Å². The third-order valence-corrected chi connectivity index (χ3v) is 6.36. The molecule has 3 rings (SSSR count). The fourth-order valence-corrected chi connectivity index (χ4v) is 4.82. The molecule has 2 fully saturated rings. The van der Waals surface area contributed by atoms with Crippen LogP contribution in [0.25, 0.3) is 0 Å². The van der Waals surface area contributed by atoms with Crippen LogP contribution < -0.4 is 16.3 Å². The molecule has 2 aliphatic heterocycles. The molecule has 0 aliphatic carbocycles. The van der Waals surface area contributed by atoms with E-state index in [1.54, 1.807) is 13.8 Å². The molecule has 0 amide bonds. The molecule has 2 saturated heterocycles. The lowest BCUT2D eigenvalue weighted by Crippen LogP contribution is -2.46. The van der Waals surface area contributed by atoms with Crippen LogP contribution in [0.2, 0.25) is 0 Å². The summed E-state index contributed by atoms with van der Waals surface area (Å²) in [7, 11) is -2.50. The molecule has 0 saturated carbocycles. The van der Waals surface area contributed by atoms with Crippen molar-refractivity contribution in [3.8, 4) is 0 Å². The van der Waals surface area contributed by atoms with E-state index in [0.717, 1.165) is 6.20 Å². The first kappa shape index (κ1) is 23.7. The molecule has 14 heteroatoms. The van der Waals surface area contributed by atoms with Gasteiger partial charge < -0.3 is 19.3 Å². The van der Waals surface area contributed by atoms with Crippen LogP contribution in [0.3, 0.4) is 0 Å². The maximum atomic E-state index is 15.1. The Balaban J connectivity index is 1.71. The molecular weight excluding hydrogens is 441 g/mol. The highest BCUT2D eigenvalue weighted by molar-refractivity contribution is 7.53. The Kier molecular flexibility index (Phi) is 6.82. The van der Waals surface area contributed by atoms with Gasteiger partial charge >= 0.3 is 25.2 Å². The number of anilines is 1. The molecule has 2 N–H and O–H groups in total.